The van der Waals surface area contributed by atoms with E-state index in [2.05, 4.69) is 24.1 Å². The molecule has 1 heterocycles. The number of halogens is 2. The minimum Gasteiger partial charge on any atom is -0.437 e. The molecule has 0 aliphatic carbocycles. The van der Waals surface area contributed by atoms with Gasteiger partial charge in [0.05, 0.1) is 5.02 Å². The zero-order chi connectivity index (χ0) is 14.5. The fourth-order valence-electron chi connectivity index (χ4n) is 1.89. The Balaban J connectivity index is 2.31. The smallest absolute Gasteiger partial charge is 0.224 e. The zero-order valence-electron chi connectivity index (χ0n) is 11.4. The van der Waals surface area contributed by atoms with E-state index < -0.39 is 0 Å². The molecule has 3 nitrogen and oxygen atoms in total. The maximum Gasteiger partial charge on any atom is 0.224 e. The molecule has 1 aromatic heterocycles. The van der Waals surface area contributed by atoms with Crippen molar-refractivity contribution >= 4 is 23.2 Å². The Kier molecular flexibility index (Phi) is 5.24. The van der Waals surface area contributed by atoms with Crippen LogP contribution >= 0.6 is 23.2 Å². The highest BCUT2D eigenvalue weighted by molar-refractivity contribution is 6.34. The van der Waals surface area contributed by atoms with Crippen LogP contribution in [0.1, 0.15) is 25.5 Å². The van der Waals surface area contributed by atoms with E-state index in [-0.39, 0.29) is 6.04 Å². The first-order valence-corrected chi connectivity index (χ1v) is 7.18. The lowest BCUT2D eigenvalue weighted by molar-refractivity contribution is 0.444. The van der Waals surface area contributed by atoms with Crippen LogP contribution < -0.4 is 10.1 Å². The number of aromatic nitrogens is 1. The Morgan fingerprint density at radius 2 is 2.10 bits per heavy atom. The van der Waals surface area contributed by atoms with Crippen molar-refractivity contribution < 1.29 is 4.74 Å². The summed E-state index contributed by atoms with van der Waals surface area (Å²) in [5.74, 6) is 1.04. The van der Waals surface area contributed by atoms with Crippen LogP contribution in [0.5, 0.6) is 11.6 Å². The molecule has 5 heteroatoms. The number of rotatable bonds is 5. The first kappa shape index (κ1) is 15.1. The van der Waals surface area contributed by atoms with Gasteiger partial charge in [0.1, 0.15) is 5.75 Å². The van der Waals surface area contributed by atoms with Crippen molar-refractivity contribution in [2.75, 3.05) is 6.54 Å². The van der Waals surface area contributed by atoms with Gasteiger partial charge in [-0.3, -0.25) is 0 Å². The van der Waals surface area contributed by atoms with E-state index in [1.165, 1.54) is 0 Å². The topological polar surface area (TPSA) is 34.2 Å². The lowest BCUT2D eigenvalue weighted by Crippen LogP contribution is -2.18. The first-order valence-electron chi connectivity index (χ1n) is 6.43. The third kappa shape index (κ3) is 3.63. The number of hydrogen-bond acceptors (Lipinski definition) is 3. The highest BCUT2D eigenvalue weighted by Gasteiger charge is 2.13. The highest BCUT2D eigenvalue weighted by Crippen LogP contribution is 2.33. The number of nitrogens with one attached hydrogen (secondary N) is 1. The summed E-state index contributed by atoms with van der Waals surface area (Å²) in [5.41, 5.74) is 0.977. The van der Waals surface area contributed by atoms with Crippen LogP contribution in [-0.4, -0.2) is 11.5 Å². The molecule has 106 valence electrons. The molecule has 0 bridgehead atoms. The van der Waals surface area contributed by atoms with Gasteiger partial charge in [-0.15, -0.1) is 0 Å². The zero-order valence-corrected chi connectivity index (χ0v) is 12.9. The molecular weight excluding hydrogens is 295 g/mol. The van der Waals surface area contributed by atoms with Crippen LogP contribution in [0.25, 0.3) is 0 Å². The van der Waals surface area contributed by atoms with Crippen molar-refractivity contribution in [1.82, 2.24) is 10.3 Å². The SMILES string of the molecule is CCNC(C)c1cccnc1Oc1cc(Cl)ccc1Cl. The van der Waals surface area contributed by atoms with Gasteiger partial charge in [0.25, 0.3) is 0 Å². The third-order valence-corrected chi connectivity index (χ3v) is 3.42. The van der Waals surface area contributed by atoms with E-state index in [0.717, 1.165) is 12.1 Å². The Hall–Kier alpha value is -1.29. The molecule has 2 aromatic rings. The lowest BCUT2D eigenvalue weighted by Gasteiger charge is -2.16. The Morgan fingerprint density at radius 3 is 2.85 bits per heavy atom. The quantitative estimate of drug-likeness (QED) is 0.857. The van der Waals surface area contributed by atoms with Crippen molar-refractivity contribution in [1.29, 1.82) is 0 Å². The number of pyridine rings is 1. The number of benzene rings is 1. The second kappa shape index (κ2) is 6.93. The maximum atomic E-state index is 6.11. The molecular formula is C15H16Cl2N2O. The number of ether oxygens (including phenoxy) is 1. The summed E-state index contributed by atoms with van der Waals surface area (Å²) in [6.45, 7) is 4.99. The van der Waals surface area contributed by atoms with Crippen molar-refractivity contribution in [3.8, 4) is 11.6 Å². The van der Waals surface area contributed by atoms with Gasteiger partial charge in [0, 0.05) is 28.9 Å². The van der Waals surface area contributed by atoms with E-state index in [4.69, 9.17) is 27.9 Å². The van der Waals surface area contributed by atoms with Crippen molar-refractivity contribution in [2.24, 2.45) is 0 Å². The summed E-state index contributed by atoms with van der Waals surface area (Å²) in [4.78, 5) is 4.28. The van der Waals surface area contributed by atoms with E-state index in [1.807, 2.05) is 12.1 Å². The van der Waals surface area contributed by atoms with Crippen LogP contribution in [0, 0.1) is 0 Å². The second-order valence-electron chi connectivity index (χ2n) is 4.35. The van der Waals surface area contributed by atoms with E-state index >= 15 is 0 Å². The molecule has 1 N–H and O–H groups in total. The van der Waals surface area contributed by atoms with Gasteiger partial charge in [0.2, 0.25) is 5.88 Å². The van der Waals surface area contributed by atoms with Crippen molar-refractivity contribution in [3.63, 3.8) is 0 Å². The fraction of sp³-hybridized carbons (Fsp3) is 0.267. The first-order chi connectivity index (χ1) is 9.61. The summed E-state index contributed by atoms with van der Waals surface area (Å²) >= 11 is 12.1. The maximum absolute atomic E-state index is 6.11. The van der Waals surface area contributed by atoms with Crippen LogP contribution in [0.15, 0.2) is 36.5 Å². The summed E-state index contributed by atoms with van der Waals surface area (Å²) in [6, 6.07) is 9.11. The van der Waals surface area contributed by atoms with Gasteiger partial charge in [-0.05, 0) is 31.7 Å². The number of nitrogens with zero attached hydrogens (tertiary/aromatic N) is 1. The molecule has 0 saturated heterocycles. The molecule has 0 spiro atoms. The monoisotopic (exact) mass is 310 g/mol. The normalized spacial score (nSPS) is 12.2. The molecule has 0 saturated carbocycles. The summed E-state index contributed by atoms with van der Waals surface area (Å²) in [7, 11) is 0. The molecule has 2 rings (SSSR count). The van der Waals surface area contributed by atoms with Crippen LogP contribution in [0.2, 0.25) is 10.0 Å². The standard InChI is InChI=1S/C15H16Cl2N2O/c1-3-18-10(2)12-5-4-8-19-15(12)20-14-9-11(16)6-7-13(14)17/h4-10,18H,3H2,1-2H3. The minimum absolute atomic E-state index is 0.140. The minimum atomic E-state index is 0.140. The van der Waals surface area contributed by atoms with Gasteiger partial charge in [0.15, 0.2) is 0 Å². The van der Waals surface area contributed by atoms with Gasteiger partial charge < -0.3 is 10.1 Å². The molecule has 0 radical (unpaired) electrons. The second-order valence-corrected chi connectivity index (χ2v) is 5.20. The summed E-state index contributed by atoms with van der Waals surface area (Å²) in [5, 5.41) is 4.41. The fourth-order valence-corrected chi connectivity index (χ4v) is 2.21. The van der Waals surface area contributed by atoms with Crippen molar-refractivity contribution in [2.45, 2.75) is 19.9 Å². The predicted molar refractivity (Wildman–Crippen MR) is 82.9 cm³/mol. The molecule has 1 unspecified atom stereocenters. The van der Waals surface area contributed by atoms with Gasteiger partial charge >= 0.3 is 0 Å². The molecule has 1 atom stereocenters. The molecule has 0 aliphatic heterocycles. The van der Waals surface area contributed by atoms with E-state index in [1.54, 1.807) is 24.4 Å². The predicted octanol–water partition coefficient (Wildman–Crippen LogP) is 4.85. The Labute approximate surface area is 128 Å². The van der Waals surface area contributed by atoms with Gasteiger partial charge in [-0.2, -0.15) is 0 Å². The number of hydrogen-bond donors (Lipinski definition) is 1. The van der Waals surface area contributed by atoms with E-state index in [0.29, 0.717) is 21.7 Å². The van der Waals surface area contributed by atoms with Crippen LogP contribution in [0.3, 0.4) is 0 Å². The lowest BCUT2D eigenvalue weighted by atomic mass is 10.1. The largest absolute Gasteiger partial charge is 0.437 e. The third-order valence-electron chi connectivity index (χ3n) is 2.88. The average molecular weight is 311 g/mol. The summed E-state index contributed by atoms with van der Waals surface area (Å²) in [6.07, 6.45) is 1.69. The average Bonchev–Trinajstić information content (AvgIpc) is 2.44. The van der Waals surface area contributed by atoms with Gasteiger partial charge in [-0.25, -0.2) is 4.98 Å². The molecule has 20 heavy (non-hydrogen) atoms. The highest BCUT2D eigenvalue weighted by atomic mass is 35.5. The van der Waals surface area contributed by atoms with E-state index in [9.17, 15) is 0 Å². The Morgan fingerprint density at radius 1 is 1.30 bits per heavy atom. The molecule has 0 aliphatic rings. The molecule has 0 amide bonds. The molecule has 0 fully saturated rings. The Bertz CT molecular complexity index is 590. The van der Waals surface area contributed by atoms with Gasteiger partial charge in [-0.1, -0.05) is 36.2 Å². The van der Waals surface area contributed by atoms with Crippen LogP contribution in [-0.2, 0) is 0 Å². The van der Waals surface area contributed by atoms with Crippen molar-refractivity contribution in [3.05, 3.63) is 52.1 Å². The van der Waals surface area contributed by atoms with Crippen LogP contribution in [0.4, 0.5) is 0 Å². The summed E-state index contributed by atoms with van der Waals surface area (Å²) < 4.78 is 5.82. The molecule has 1 aromatic carbocycles.